The van der Waals surface area contributed by atoms with Crippen LogP contribution in [0.4, 0.5) is 0 Å². The minimum atomic E-state index is -0.911. The molecule has 3 rings (SSSR count). The molecule has 3 N–H and O–H groups in total. The molecule has 1 amide bonds. The van der Waals surface area contributed by atoms with Gasteiger partial charge >= 0.3 is 5.97 Å². The van der Waals surface area contributed by atoms with Crippen molar-refractivity contribution in [3.8, 4) is 0 Å². The van der Waals surface area contributed by atoms with Crippen LogP contribution in [-0.4, -0.2) is 40.5 Å². The summed E-state index contributed by atoms with van der Waals surface area (Å²) in [5.74, 6) is -1.30. The highest BCUT2D eigenvalue weighted by atomic mass is 16.4. The van der Waals surface area contributed by atoms with Crippen molar-refractivity contribution >= 4 is 11.9 Å². The maximum absolute atomic E-state index is 12.6. The van der Waals surface area contributed by atoms with Gasteiger partial charge in [-0.2, -0.15) is 0 Å². The number of benzene rings is 1. The largest absolute Gasteiger partial charge is 0.481 e. The zero-order chi connectivity index (χ0) is 17.2. The first kappa shape index (κ1) is 17.0. The molecule has 3 unspecified atom stereocenters. The zero-order valence-electron chi connectivity index (χ0n) is 14.0. The van der Waals surface area contributed by atoms with E-state index in [4.69, 9.17) is 5.73 Å². The molecule has 0 bridgehead atoms. The van der Waals surface area contributed by atoms with E-state index >= 15 is 0 Å². The molecule has 130 valence electrons. The topological polar surface area (TPSA) is 83.6 Å². The van der Waals surface area contributed by atoms with Gasteiger partial charge in [0.05, 0.1) is 5.92 Å². The van der Waals surface area contributed by atoms with E-state index in [2.05, 4.69) is 0 Å². The molecule has 3 atom stereocenters. The predicted octanol–water partition coefficient (Wildman–Crippen LogP) is 2.05. The van der Waals surface area contributed by atoms with Gasteiger partial charge in [-0.3, -0.25) is 9.59 Å². The number of aliphatic carboxylic acids is 1. The molecule has 1 aliphatic carbocycles. The number of carboxylic acid groups (broad SMARTS) is 1. The SMILES string of the molecule is NC12CCCCC1CN(C(=O)CC(Cc1ccccc1)C(=O)O)C2. The normalized spacial score (nSPS) is 27.5. The first-order valence-corrected chi connectivity index (χ1v) is 8.81. The molecule has 5 nitrogen and oxygen atoms in total. The Balaban J connectivity index is 1.63. The summed E-state index contributed by atoms with van der Waals surface area (Å²) < 4.78 is 0. The number of carbonyl (C=O) groups is 2. The molecule has 1 aromatic rings. The van der Waals surface area contributed by atoms with Gasteiger partial charge in [0.25, 0.3) is 0 Å². The number of hydrogen-bond donors (Lipinski definition) is 2. The highest BCUT2D eigenvalue weighted by Crippen LogP contribution is 2.38. The van der Waals surface area contributed by atoms with Crippen molar-refractivity contribution in [2.75, 3.05) is 13.1 Å². The first-order chi connectivity index (χ1) is 11.5. The molecule has 0 aromatic heterocycles. The number of carbonyl (C=O) groups excluding carboxylic acids is 1. The quantitative estimate of drug-likeness (QED) is 0.865. The number of nitrogens with two attached hydrogens (primary N) is 1. The summed E-state index contributed by atoms with van der Waals surface area (Å²) >= 11 is 0. The Labute approximate surface area is 142 Å². The number of fused-ring (bicyclic) bond motifs is 1. The van der Waals surface area contributed by atoms with E-state index < -0.39 is 11.9 Å². The van der Waals surface area contributed by atoms with Crippen molar-refractivity contribution < 1.29 is 14.7 Å². The van der Waals surface area contributed by atoms with Crippen LogP contribution in [0.1, 0.15) is 37.7 Å². The van der Waals surface area contributed by atoms with Crippen molar-refractivity contribution in [1.82, 2.24) is 4.90 Å². The number of likely N-dealkylation sites (tertiary alicyclic amines) is 1. The summed E-state index contributed by atoms with van der Waals surface area (Å²) in [5.41, 5.74) is 7.19. The summed E-state index contributed by atoms with van der Waals surface area (Å²) in [6.07, 6.45) is 4.78. The Hall–Kier alpha value is -1.88. The van der Waals surface area contributed by atoms with Crippen molar-refractivity contribution in [2.45, 2.75) is 44.1 Å². The minimum absolute atomic E-state index is 0.0486. The van der Waals surface area contributed by atoms with E-state index in [9.17, 15) is 14.7 Å². The van der Waals surface area contributed by atoms with Gasteiger partial charge < -0.3 is 15.7 Å². The van der Waals surface area contributed by atoms with Crippen LogP contribution in [0, 0.1) is 11.8 Å². The average Bonchev–Trinajstić information content (AvgIpc) is 2.92. The van der Waals surface area contributed by atoms with Crippen LogP contribution in [0.15, 0.2) is 30.3 Å². The van der Waals surface area contributed by atoms with Gasteiger partial charge in [-0.05, 0) is 30.7 Å². The number of amides is 1. The maximum Gasteiger partial charge on any atom is 0.307 e. The number of rotatable bonds is 5. The average molecular weight is 330 g/mol. The molecule has 1 saturated heterocycles. The number of carboxylic acids is 1. The van der Waals surface area contributed by atoms with E-state index in [0.717, 1.165) is 24.8 Å². The van der Waals surface area contributed by atoms with Crippen LogP contribution in [0.3, 0.4) is 0 Å². The molecule has 1 heterocycles. The van der Waals surface area contributed by atoms with Gasteiger partial charge in [-0.25, -0.2) is 0 Å². The Bertz CT molecular complexity index is 604. The lowest BCUT2D eigenvalue weighted by atomic mass is 9.76. The smallest absolute Gasteiger partial charge is 0.307 e. The molecular weight excluding hydrogens is 304 g/mol. The highest BCUT2D eigenvalue weighted by Gasteiger charge is 2.46. The van der Waals surface area contributed by atoms with Crippen LogP contribution >= 0.6 is 0 Å². The minimum Gasteiger partial charge on any atom is -0.481 e. The second-order valence-corrected chi connectivity index (χ2v) is 7.38. The lowest BCUT2D eigenvalue weighted by Crippen LogP contribution is -2.49. The fourth-order valence-electron chi connectivity index (χ4n) is 4.18. The van der Waals surface area contributed by atoms with E-state index in [1.807, 2.05) is 30.3 Å². The molecule has 2 fully saturated rings. The summed E-state index contributed by atoms with van der Waals surface area (Å²) in [6.45, 7) is 1.27. The van der Waals surface area contributed by atoms with Gasteiger partial charge in [-0.1, -0.05) is 43.2 Å². The third-order valence-corrected chi connectivity index (χ3v) is 5.63. The summed E-state index contributed by atoms with van der Waals surface area (Å²) in [5, 5.41) is 9.49. The molecule has 24 heavy (non-hydrogen) atoms. The Kier molecular flexibility index (Phi) is 4.90. The Morgan fingerprint density at radius 1 is 1.29 bits per heavy atom. The molecular formula is C19H26N2O3. The third kappa shape index (κ3) is 3.61. The van der Waals surface area contributed by atoms with Gasteiger partial charge in [0.15, 0.2) is 0 Å². The third-order valence-electron chi connectivity index (χ3n) is 5.63. The summed E-state index contributed by atoms with van der Waals surface area (Å²) in [6, 6.07) is 9.48. The van der Waals surface area contributed by atoms with Crippen LogP contribution < -0.4 is 5.73 Å². The highest BCUT2D eigenvalue weighted by molar-refractivity contribution is 5.83. The van der Waals surface area contributed by atoms with E-state index in [0.29, 0.717) is 25.4 Å². The van der Waals surface area contributed by atoms with Crippen molar-refractivity contribution in [1.29, 1.82) is 0 Å². The molecule has 0 radical (unpaired) electrons. The van der Waals surface area contributed by atoms with Crippen LogP contribution in [0.2, 0.25) is 0 Å². The predicted molar refractivity (Wildman–Crippen MR) is 91.3 cm³/mol. The van der Waals surface area contributed by atoms with Crippen LogP contribution in [-0.2, 0) is 16.0 Å². The van der Waals surface area contributed by atoms with Crippen LogP contribution in [0.25, 0.3) is 0 Å². The molecule has 1 saturated carbocycles. The molecule has 5 heteroatoms. The first-order valence-electron chi connectivity index (χ1n) is 8.81. The second kappa shape index (κ2) is 6.93. The van der Waals surface area contributed by atoms with E-state index in [1.54, 1.807) is 4.90 Å². The fourth-order valence-corrected chi connectivity index (χ4v) is 4.18. The summed E-state index contributed by atoms with van der Waals surface area (Å²) in [7, 11) is 0. The van der Waals surface area contributed by atoms with E-state index in [1.165, 1.54) is 6.42 Å². The van der Waals surface area contributed by atoms with Crippen LogP contribution in [0.5, 0.6) is 0 Å². The van der Waals surface area contributed by atoms with E-state index in [-0.39, 0.29) is 17.9 Å². The van der Waals surface area contributed by atoms with Crippen molar-refractivity contribution in [2.24, 2.45) is 17.6 Å². The molecule has 1 aliphatic heterocycles. The monoisotopic (exact) mass is 330 g/mol. The van der Waals surface area contributed by atoms with Crippen molar-refractivity contribution in [3.63, 3.8) is 0 Å². The number of nitrogens with zero attached hydrogens (tertiary/aromatic N) is 1. The second-order valence-electron chi connectivity index (χ2n) is 7.38. The van der Waals surface area contributed by atoms with Gasteiger partial charge in [0.1, 0.15) is 0 Å². The molecule has 1 aromatic carbocycles. The Morgan fingerprint density at radius 3 is 2.71 bits per heavy atom. The van der Waals surface area contributed by atoms with Gasteiger partial charge in [0, 0.05) is 25.0 Å². The molecule has 0 spiro atoms. The van der Waals surface area contributed by atoms with Gasteiger partial charge in [0.2, 0.25) is 5.91 Å². The Morgan fingerprint density at radius 2 is 2.04 bits per heavy atom. The number of hydrogen-bond acceptors (Lipinski definition) is 3. The standard InChI is InChI=1S/C19H26N2O3/c20-19-9-5-4-8-16(19)12-21(13-19)17(22)11-15(18(23)24)10-14-6-2-1-3-7-14/h1-3,6-7,15-16H,4-5,8-13,20H2,(H,23,24). The van der Waals surface area contributed by atoms with Gasteiger partial charge in [-0.15, -0.1) is 0 Å². The maximum atomic E-state index is 12.6. The lowest BCUT2D eigenvalue weighted by molar-refractivity contribution is -0.145. The molecule has 2 aliphatic rings. The zero-order valence-corrected chi connectivity index (χ0v) is 14.0. The summed E-state index contributed by atoms with van der Waals surface area (Å²) in [4.78, 5) is 26.0. The van der Waals surface area contributed by atoms with Crippen molar-refractivity contribution in [3.05, 3.63) is 35.9 Å². The lowest BCUT2D eigenvalue weighted by Gasteiger charge is -2.34. The fraction of sp³-hybridized carbons (Fsp3) is 0.579.